The number of rotatable bonds is 5. The first-order valence-electron chi connectivity index (χ1n) is 8.73. The van der Waals surface area contributed by atoms with Crippen molar-refractivity contribution in [3.8, 4) is 22.9 Å². The smallest absolute Gasteiger partial charge is 0.171 e. The van der Waals surface area contributed by atoms with Gasteiger partial charge in [-0.3, -0.25) is 0 Å². The van der Waals surface area contributed by atoms with Crippen LogP contribution in [0.5, 0.6) is 11.5 Å². The van der Waals surface area contributed by atoms with Crippen molar-refractivity contribution in [1.82, 2.24) is 24.3 Å². The first-order valence-corrected chi connectivity index (χ1v) is 8.73. The minimum Gasteiger partial charge on any atom is -0.493 e. The molecule has 26 heavy (non-hydrogen) atoms. The van der Waals surface area contributed by atoms with Crippen LogP contribution in [0.15, 0.2) is 24.5 Å². The molecule has 7 heteroatoms. The van der Waals surface area contributed by atoms with Gasteiger partial charge in [0.2, 0.25) is 0 Å². The lowest BCUT2D eigenvalue weighted by molar-refractivity contribution is 0.355. The average molecular weight is 353 g/mol. The minimum atomic E-state index is 0.477. The number of aryl methyl sites for hydroxylation is 2. The largest absolute Gasteiger partial charge is 0.493 e. The lowest BCUT2D eigenvalue weighted by Crippen LogP contribution is -2.13. The van der Waals surface area contributed by atoms with Gasteiger partial charge in [0.25, 0.3) is 0 Å². The molecule has 3 heterocycles. The van der Waals surface area contributed by atoms with E-state index in [4.69, 9.17) is 9.47 Å². The number of hydrogen-bond donors (Lipinski definition) is 0. The van der Waals surface area contributed by atoms with Gasteiger partial charge in [-0.05, 0) is 31.5 Å². The molecule has 0 spiro atoms. The average Bonchev–Trinajstić information content (AvgIpc) is 3.33. The highest BCUT2D eigenvalue weighted by atomic mass is 16.5. The molecule has 0 bridgehead atoms. The number of ether oxygens (including phenoxy) is 2. The maximum absolute atomic E-state index is 5.62. The highest BCUT2D eigenvalue weighted by molar-refractivity contribution is 5.70. The Bertz CT molecular complexity index is 944. The molecular weight excluding hydrogens is 330 g/mol. The molecule has 0 radical (unpaired) electrons. The maximum atomic E-state index is 5.62. The number of hydrogen-bond acceptors (Lipinski definition) is 5. The monoisotopic (exact) mass is 353 g/mol. The van der Waals surface area contributed by atoms with Crippen molar-refractivity contribution in [1.29, 1.82) is 0 Å². The zero-order valence-electron chi connectivity index (χ0n) is 15.6. The first kappa shape index (κ1) is 16.6. The summed E-state index contributed by atoms with van der Waals surface area (Å²) in [5.41, 5.74) is 2.05. The lowest BCUT2D eigenvalue weighted by atomic mass is 10.1. The van der Waals surface area contributed by atoms with Crippen LogP contribution in [0.3, 0.4) is 0 Å². The quantitative estimate of drug-likeness (QED) is 0.705. The molecule has 1 aliphatic rings. The van der Waals surface area contributed by atoms with E-state index in [2.05, 4.69) is 30.4 Å². The molecular formula is C19H23N5O2. The Morgan fingerprint density at radius 3 is 2.73 bits per heavy atom. The number of benzene rings is 1. The zero-order chi connectivity index (χ0) is 18.3. The number of fused-ring (bicyclic) bond motifs is 1. The molecule has 2 aromatic heterocycles. The highest BCUT2D eigenvalue weighted by Crippen LogP contribution is 2.38. The molecule has 0 fully saturated rings. The van der Waals surface area contributed by atoms with E-state index < -0.39 is 0 Å². The molecule has 3 aromatic rings. The molecule has 0 saturated heterocycles. The second kappa shape index (κ2) is 6.48. The van der Waals surface area contributed by atoms with Gasteiger partial charge in [-0.1, -0.05) is 0 Å². The Balaban J connectivity index is 1.65. The molecule has 0 amide bonds. The number of methoxy groups -OCH3 is 2. The van der Waals surface area contributed by atoms with Gasteiger partial charge in [-0.25, -0.2) is 4.98 Å². The normalized spacial score (nSPS) is 15.9. The SMILES string of the molecule is COc1cc(C)cc(-c2nccn2CC2Cc3nnc(C)n3C2)c1OC. The van der Waals surface area contributed by atoms with Crippen molar-refractivity contribution in [3.05, 3.63) is 41.7 Å². The molecule has 1 atom stereocenters. The van der Waals surface area contributed by atoms with E-state index in [1.165, 1.54) is 0 Å². The van der Waals surface area contributed by atoms with E-state index in [0.717, 1.165) is 53.9 Å². The second-order valence-electron chi connectivity index (χ2n) is 6.80. The summed E-state index contributed by atoms with van der Waals surface area (Å²) >= 11 is 0. The van der Waals surface area contributed by atoms with Crippen LogP contribution >= 0.6 is 0 Å². The summed E-state index contributed by atoms with van der Waals surface area (Å²) in [6.07, 6.45) is 4.80. The van der Waals surface area contributed by atoms with Crippen LogP contribution in [0.1, 0.15) is 17.2 Å². The molecule has 7 nitrogen and oxygen atoms in total. The molecule has 1 aliphatic heterocycles. The van der Waals surface area contributed by atoms with Crippen LogP contribution in [0, 0.1) is 19.8 Å². The van der Waals surface area contributed by atoms with Crippen LogP contribution in [-0.2, 0) is 19.5 Å². The topological polar surface area (TPSA) is 67.0 Å². The summed E-state index contributed by atoms with van der Waals surface area (Å²) < 4.78 is 15.5. The standard InChI is InChI=1S/C19H23N5O2/c1-12-7-15(18(26-4)16(8-12)25-3)19-20-5-6-23(19)10-14-9-17-22-21-13(2)24(17)11-14/h5-8,14H,9-11H2,1-4H3. The Hall–Kier alpha value is -2.83. The number of imidazole rings is 1. The molecule has 0 aliphatic carbocycles. The van der Waals surface area contributed by atoms with E-state index in [-0.39, 0.29) is 0 Å². The van der Waals surface area contributed by atoms with E-state index >= 15 is 0 Å². The molecule has 136 valence electrons. The second-order valence-corrected chi connectivity index (χ2v) is 6.80. The first-order chi connectivity index (χ1) is 12.6. The predicted molar refractivity (Wildman–Crippen MR) is 97.5 cm³/mol. The maximum Gasteiger partial charge on any atom is 0.171 e. The number of aromatic nitrogens is 5. The van der Waals surface area contributed by atoms with Crippen LogP contribution < -0.4 is 9.47 Å². The van der Waals surface area contributed by atoms with Crippen molar-refractivity contribution in [3.63, 3.8) is 0 Å². The summed E-state index contributed by atoms with van der Waals surface area (Å²) in [6.45, 7) is 5.87. The Kier molecular flexibility index (Phi) is 4.14. The predicted octanol–water partition coefficient (Wildman–Crippen LogP) is 2.65. The van der Waals surface area contributed by atoms with Gasteiger partial charge in [-0.2, -0.15) is 0 Å². The third-order valence-corrected chi connectivity index (χ3v) is 4.96. The summed E-state index contributed by atoms with van der Waals surface area (Å²) in [5, 5.41) is 8.42. The van der Waals surface area contributed by atoms with Crippen molar-refractivity contribution in [2.75, 3.05) is 14.2 Å². The van der Waals surface area contributed by atoms with Gasteiger partial charge in [-0.15, -0.1) is 10.2 Å². The third-order valence-electron chi connectivity index (χ3n) is 4.96. The van der Waals surface area contributed by atoms with Crippen LogP contribution in [0.2, 0.25) is 0 Å². The van der Waals surface area contributed by atoms with Crippen molar-refractivity contribution in [2.45, 2.75) is 33.4 Å². The summed E-state index contributed by atoms with van der Waals surface area (Å²) in [7, 11) is 3.32. The lowest BCUT2D eigenvalue weighted by Gasteiger charge is -2.17. The molecule has 4 rings (SSSR count). The van der Waals surface area contributed by atoms with Crippen molar-refractivity contribution >= 4 is 0 Å². The summed E-state index contributed by atoms with van der Waals surface area (Å²) in [6, 6.07) is 4.06. The highest BCUT2D eigenvalue weighted by Gasteiger charge is 2.26. The summed E-state index contributed by atoms with van der Waals surface area (Å²) in [5.74, 6) is 4.86. The molecule has 0 N–H and O–H groups in total. The van der Waals surface area contributed by atoms with E-state index in [1.807, 2.05) is 32.3 Å². The van der Waals surface area contributed by atoms with Crippen LogP contribution in [0.4, 0.5) is 0 Å². The Labute approximate surface area is 152 Å². The fraction of sp³-hybridized carbons (Fsp3) is 0.421. The Morgan fingerprint density at radius 2 is 2.00 bits per heavy atom. The molecule has 1 unspecified atom stereocenters. The molecule has 1 aromatic carbocycles. The van der Waals surface area contributed by atoms with Gasteiger partial charge in [0.1, 0.15) is 17.5 Å². The van der Waals surface area contributed by atoms with Crippen LogP contribution in [-0.4, -0.2) is 38.5 Å². The van der Waals surface area contributed by atoms with E-state index in [9.17, 15) is 0 Å². The number of nitrogens with zero attached hydrogens (tertiary/aromatic N) is 5. The van der Waals surface area contributed by atoms with Gasteiger partial charge >= 0.3 is 0 Å². The minimum absolute atomic E-state index is 0.477. The summed E-state index contributed by atoms with van der Waals surface area (Å²) in [4.78, 5) is 4.60. The van der Waals surface area contributed by atoms with E-state index in [1.54, 1.807) is 14.2 Å². The van der Waals surface area contributed by atoms with Crippen LogP contribution in [0.25, 0.3) is 11.4 Å². The van der Waals surface area contributed by atoms with E-state index in [0.29, 0.717) is 11.7 Å². The fourth-order valence-corrected chi connectivity index (χ4v) is 3.76. The molecule has 0 saturated carbocycles. The van der Waals surface area contributed by atoms with Gasteiger partial charge in [0, 0.05) is 37.8 Å². The van der Waals surface area contributed by atoms with Gasteiger partial charge in [0.15, 0.2) is 11.5 Å². The Morgan fingerprint density at radius 1 is 1.15 bits per heavy atom. The van der Waals surface area contributed by atoms with Crippen molar-refractivity contribution in [2.24, 2.45) is 5.92 Å². The zero-order valence-corrected chi connectivity index (χ0v) is 15.6. The van der Waals surface area contributed by atoms with Gasteiger partial charge < -0.3 is 18.6 Å². The van der Waals surface area contributed by atoms with Crippen molar-refractivity contribution < 1.29 is 9.47 Å². The van der Waals surface area contributed by atoms with Gasteiger partial charge in [0.05, 0.1) is 19.8 Å². The third kappa shape index (κ3) is 2.73. The fourth-order valence-electron chi connectivity index (χ4n) is 3.76.